The first kappa shape index (κ1) is 24.4. The molecule has 0 aliphatic carbocycles. The molecule has 7 nitrogen and oxygen atoms in total. The summed E-state index contributed by atoms with van der Waals surface area (Å²) in [6.07, 6.45) is 1.87. The molecule has 2 aromatic carbocycles. The van der Waals surface area contributed by atoms with Gasteiger partial charge >= 0.3 is 0 Å². The van der Waals surface area contributed by atoms with Crippen LogP contribution in [0.25, 0.3) is 0 Å². The van der Waals surface area contributed by atoms with Gasteiger partial charge in [0, 0.05) is 24.5 Å². The van der Waals surface area contributed by atoms with Crippen molar-refractivity contribution in [1.29, 1.82) is 0 Å². The van der Waals surface area contributed by atoms with E-state index in [2.05, 4.69) is 12.2 Å². The van der Waals surface area contributed by atoms with Crippen LogP contribution in [0.3, 0.4) is 0 Å². The standard InChI is InChI=1S/C26H33N3O4S/c1-17-7-6-10-28(15-17)34(32,33)21-8-9-23-22(14-21)26(4,5)25(31)29(23)16-24(30)27-20-12-18(2)11-19(3)13-20/h8-9,11-14,17H,6-7,10,15-16H2,1-5H3,(H,27,30). The SMILES string of the molecule is Cc1cc(C)cc(NC(=O)CN2C(=O)C(C)(C)c3cc(S(=O)(=O)N4CCCC(C)C4)ccc32)c1. The van der Waals surface area contributed by atoms with E-state index in [1.165, 1.54) is 4.90 Å². The molecular formula is C26H33N3O4S. The number of fused-ring (bicyclic) bond motifs is 1. The zero-order valence-corrected chi connectivity index (χ0v) is 21.3. The van der Waals surface area contributed by atoms with Crippen molar-refractivity contribution in [3.8, 4) is 0 Å². The molecule has 0 bridgehead atoms. The van der Waals surface area contributed by atoms with Gasteiger partial charge in [0.25, 0.3) is 0 Å². The summed E-state index contributed by atoms with van der Waals surface area (Å²) in [6.45, 7) is 10.4. The molecule has 1 atom stereocenters. The lowest BCUT2D eigenvalue weighted by atomic mass is 9.86. The van der Waals surface area contributed by atoms with Crippen LogP contribution in [0.2, 0.25) is 0 Å². The summed E-state index contributed by atoms with van der Waals surface area (Å²) < 4.78 is 28.2. The second kappa shape index (κ2) is 8.82. The van der Waals surface area contributed by atoms with Crippen molar-refractivity contribution in [3.63, 3.8) is 0 Å². The summed E-state index contributed by atoms with van der Waals surface area (Å²) in [6, 6.07) is 10.6. The van der Waals surface area contributed by atoms with E-state index >= 15 is 0 Å². The molecule has 1 N–H and O–H groups in total. The molecular weight excluding hydrogens is 450 g/mol. The second-order valence-corrected chi connectivity index (χ2v) is 12.2. The first-order chi connectivity index (χ1) is 15.9. The summed E-state index contributed by atoms with van der Waals surface area (Å²) in [7, 11) is -3.65. The van der Waals surface area contributed by atoms with E-state index in [0.29, 0.717) is 35.9 Å². The molecule has 34 heavy (non-hydrogen) atoms. The molecule has 1 saturated heterocycles. The minimum Gasteiger partial charge on any atom is -0.325 e. The van der Waals surface area contributed by atoms with E-state index in [9.17, 15) is 18.0 Å². The Hall–Kier alpha value is -2.71. The monoisotopic (exact) mass is 483 g/mol. The lowest BCUT2D eigenvalue weighted by Gasteiger charge is -2.30. The molecule has 1 fully saturated rings. The largest absolute Gasteiger partial charge is 0.325 e. The van der Waals surface area contributed by atoms with Gasteiger partial charge in [-0.25, -0.2) is 8.42 Å². The highest BCUT2D eigenvalue weighted by Crippen LogP contribution is 2.43. The van der Waals surface area contributed by atoms with Crippen LogP contribution < -0.4 is 10.2 Å². The third-order valence-electron chi connectivity index (χ3n) is 6.78. The number of sulfonamides is 1. The minimum absolute atomic E-state index is 0.141. The molecule has 0 spiro atoms. The van der Waals surface area contributed by atoms with Crippen molar-refractivity contribution in [2.24, 2.45) is 5.92 Å². The molecule has 2 aromatic rings. The van der Waals surface area contributed by atoms with Gasteiger partial charge in [-0.2, -0.15) is 4.31 Å². The molecule has 8 heteroatoms. The highest BCUT2D eigenvalue weighted by Gasteiger charge is 2.45. The number of aryl methyl sites for hydroxylation is 2. The van der Waals surface area contributed by atoms with Crippen molar-refractivity contribution in [2.75, 3.05) is 29.9 Å². The summed E-state index contributed by atoms with van der Waals surface area (Å²) >= 11 is 0. The van der Waals surface area contributed by atoms with E-state index in [4.69, 9.17) is 0 Å². The second-order valence-electron chi connectivity index (χ2n) is 10.2. The Bertz CT molecular complexity index is 1230. The quantitative estimate of drug-likeness (QED) is 0.697. The molecule has 0 aromatic heterocycles. The average Bonchev–Trinajstić information content (AvgIpc) is 2.93. The molecule has 2 aliphatic rings. The van der Waals surface area contributed by atoms with Gasteiger partial charge < -0.3 is 10.2 Å². The average molecular weight is 484 g/mol. The zero-order chi connectivity index (χ0) is 24.8. The third-order valence-corrected chi connectivity index (χ3v) is 8.64. The Balaban J connectivity index is 1.60. The Labute approximate surface area is 202 Å². The van der Waals surface area contributed by atoms with Crippen LogP contribution in [0.5, 0.6) is 0 Å². The zero-order valence-electron chi connectivity index (χ0n) is 20.5. The number of nitrogens with one attached hydrogen (secondary N) is 1. The number of rotatable bonds is 5. The van der Waals surface area contributed by atoms with Crippen LogP contribution in [-0.4, -0.2) is 44.2 Å². The van der Waals surface area contributed by atoms with Gasteiger partial charge in [0.05, 0.1) is 10.3 Å². The van der Waals surface area contributed by atoms with E-state index in [0.717, 1.165) is 24.0 Å². The van der Waals surface area contributed by atoms with Gasteiger partial charge in [-0.05, 0) is 93.5 Å². The number of hydrogen-bond donors (Lipinski definition) is 1. The Morgan fingerprint density at radius 1 is 1.12 bits per heavy atom. The number of nitrogens with zero attached hydrogens (tertiary/aromatic N) is 2. The van der Waals surface area contributed by atoms with Gasteiger partial charge in [0.15, 0.2) is 0 Å². The molecule has 1 unspecified atom stereocenters. The summed E-state index contributed by atoms with van der Waals surface area (Å²) in [4.78, 5) is 27.7. The number of benzene rings is 2. The fourth-order valence-electron chi connectivity index (χ4n) is 5.04. The van der Waals surface area contributed by atoms with Crippen LogP contribution in [0.4, 0.5) is 11.4 Å². The fourth-order valence-corrected chi connectivity index (χ4v) is 6.66. The first-order valence-corrected chi connectivity index (χ1v) is 13.2. The van der Waals surface area contributed by atoms with Crippen LogP contribution in [0, 0.1) is 19.8 Å². The van der Waals surface area contributed by atoms with E-state index in [1.54, 1.807) is 36.4 Å². The Morgan fingerprint density at radius 2 is 1.79 bits per heavy atom. The number of carbonyl (C=O) groups is 2. The van der Waals surface area contributed by atoms with E-state index in [1.807, 2.05) is 32.0 Å². The first-order valence-electron chi connectivity index (χ1n) is 11.7. The highest BCUT2D eigenvalue weighted by atomic mass is 32.2. The van der Waals surface area contributed by atoms with Crippen molar-refractivity contribution in [3.05, 3.63) is 53.1 Å². The lowest BCUT2D eigenvalue weighted by molar-refractivity contribution is -0.124. The van der Waals surface area contributed by atoms with Crippen molar-refractivity contribution in [2.45, 2.75) is 57.8 Å². The minimum atomic E-state index is -3.65. The molecule has 4 rings (SSSR count). The van der Waals surface area contributed by atoms with Crippen LogP contribution >= 0.6 is 0 Å². The molecule has 0 saturated carbocycles. The summed E-state index contributed by atoms with van der Waals surface area (Å²) in [5, 5.41) is 2.88. The molecule has 182 valence electrons. The topological polar surface area (TPSA) is 86.8 Å². The van der Waals surface area contributed by atoms with Crippen molar-refractivity contribution >= 4 is 33.2 Å². The Morgan fingerprint density at radius 3 is 2.44 bits per heavy atom. The number of piperidine rings is 1. The van der Waals surface area contributed by atoms with Gasteiger partial charge in [0.2, 0.25) is 21.8 Å². The summed E-state index contributed by atoms with van der Waals surface area (Å²) in [5.41, 5.74) is 3.04. The van der Waals surface area contributed by atoms with Gasteiger partial charge in [-0.15, -0.1) is 0 Å². The molecule has 0 radical (unpaired) electrons. The van der Waals surface area contributed by atoms with E-state index in [-0.39, 0.29) is 23.3 Å². The van der Waals surface area contributed by atoms with Gasteiger partial charge in [0.1, 0.15) is 6.54 Å². The van der Waals surface area contributed by atoms with Crippen molar-refractivity contribution < 1.29 is 18.0 Å². The predicted molar refractivity (Wildman–Crippen MR) is 134 cm³/mol. The molecule has 2 amide bonds. The fraction of sp³-hybridized carbons (Fsp3) is 0.462. The van der Waals surface area contributed by atoms with Crippen LogP contribution in [0.1, 0.15) is 50.3 Å². The molecule has 2 aliphatic heterocycles. The maximum atomic E-state index is 13.3. The smallest absolute Gasteiger partial charge is 0.244 e. The number of anilines is 2. The van der Waals surface area contributed by atoms with Gasteiger partial charge in [-0.1, -0.05) is 13.0 Å². The molecule has 2 heterocycles. The van der Waals surface area contributed by atoms with E-state index < -0.39 is 15.4 Å². The lowest BCUT2D eigenvalue weighted by Crippen LogP contribution is -2.40. The predicted octanol–water partition coefficient (Wildman–Crippen LogP) is 3.99. The summed E-state index contributed by atoms with van der Waals surface area (Å²) in [5.74, 6) is -0.206. The van der Waals surface area contributed by atoms with Crippen LogP contribution in [0.15, 0.2) is 41.3 Å². The number of hydrogen-bond acceptors (Lipinski definition) is 4. The maximum Gasteiger partial charge on any atom is 0.244 e. The Kier molecular flexibility index (Phi) is 6.33. The number of amides is 2. The highest BCUT2D eigenvalue weighted by molar-refractivity contribution is 7.89. The van der Waals surface area contributed by atoms with Gasteiger partial charge in [-0.3, -0.25) is 9.59 Å². The normalized spacial score (nSPS) is 20.3. The maximum absolute atomic E-state index is 13.3. The number of carbonyl (C=O) groups excluding carboxylic acids is 2. The van der Waals surface area contributed by atoms with Crippen molar-refractivity contribution in [1.82, 2.24) is 4.31 Å². The van der Waals surface area contributed by atoms with Crippen LogP contribution in [-0.2, 0) is 25.0 Å². The third kappa shape index (κ3) is 4.49.